The lowest BCUT2D eigenvalue weighted by Crippen LogP contribution is -2.12. The molecule has 0 heterocycles. The molecule has 2 aromatic rings. The predicted octanol–water partition coefficient (Wildman–Crippen LogP) is 4.04. The Labute approximate surface area is 142 Å². The molecular formula is C17H11BrN4O. The molecule has 23 heavy (non-hydrogen) atoms. The lowest BCUT2D eigenvalue weighted by Gasteiger charge is -2.09. The molecule has 0 saturated carbocycles. The van der Waals surface area contributed by atoms with Crippen LogP contribution in [0.3, 0.4) is 0 Å². The van der Waals surface area contributed by atoms with Crippen molar-refractivity contribution in [2.45, 2.75) is 0 Å². The van der Waals surface area contributed by atoms with Crippen LogP contribution in [0.2, 0.25) is 0 Å². The van der Waals surface area contributed by atoms with Crippen molar-refractivity contribution in [3.8, 4) is 12.1 Å². The molecule has 2 N–H and O–H groups in total. The van der Waals surface area contributed by atoms with Crippen LogP contribution >= 0.6 is 15.9 Å². The topological polar surface area (TPSA) is 88.7 Å². The van der Waals surface area contributed by atoms with E-state index < -0.39 is 0 Å². The van der Waals surface area contributed by atoms with E-state index in [1.54, 1.807) is 54.6 Å². The molecule has 0 bridgehead atoms. The van der Waals surface area contributed by atoms with Crippen molar-refractivity contribution >= 4 is 33.2 Å². The van der Waals surface area contributed by atoms with E-state index in [1.165, 1.54) is 6.20 Å². The molecule has 0 aromatic heterocycles. The minimum Gasteiger partial charge on any atom is -0.360 e. The molecule has 0 fully saturated rings. The van der Waals surface area contributed by atoms with Crippen molar-refractivity contribution in [1.29, 1.82) is 10.5 Å². The van der Waals surface area contributed by atoms with Gasteiger partial charge in [0.1, 0.15) is 17.7 Å². The van der Waals surface area contributed by atoms with Crippen LogP contribution in [-0.2, 0) is 0 Å². The Balaban J connectivity index is 2.11. The first kappa shape index (κ1) is 16.3. The molecule has 0 aliphatic rings. The Morgan fingerprint density at radius 1 is 1.09 bits per heavy atom. The zero-order valence-corrected chi connectivity index (χ0v) is 13.5. The number of carbonyl (C=O) groups is 1. The van der Waals surface area contributed by atoms with Gasteiger partial charge in [-0.25, -0.2) is 0 Å². The molecule has 6 heteroatoms. The first-order valence-electron chi connectivity index (χ1n) is 6.57. The highest BCUT2D eigenvalue weighted by atomic mass is 79.9. The van der Waals surface area contributed by atoms with Gasteiger partial charge in [0.2, 0.25) is 0 Å². The van der Waals surface area contributed by atoms with Gasteiger partial charge in [0.15, 0.2) is 0 Å². The minimum atomic E-state index is -0.205. The van der Waals surface area contributed by atoms with E-state index in [0.29, 0.717) is 21.4 Å². The molecule has 2 aromatic carbocycles. The number of nitrogens with zero attached hydrogens (tertiary/aromatic N) is 2. The normalized spacial score (nSPS) is 9.17. The van der Waals surface area contributed by atoms with E-state index >= 15 is 0 Å². The molecule has 0 aliphatic carbocycles. The summed E-state index contributed by atoms with van der Waals surface area (Å²) in [7, 11) is 0. The van der Waals surface area contributed by atoms with Crippen LogP contribution < -0.4 is 10.6 Å². The van der Waals surface area contributed by atoms with Crippen molar-refractivity contribution in [2.75, 3.05) is 10.6 Å². The zero-order valence-electron chi connectivity index (χ0n) is 11.9. The smallest absolute Gasteiger partial charge is 0.255 e. The maximum Gasteiger partial charge on any atom is 0.255 e. The Kier molecular flexibility index (Phi) is 5.51. The van der Waals surface area contributed by atoms with Gasteiger partial charge in [0, 0.05) is 21.9 Å². The third-order valence-corrected chi connectivity index (χ3v) is 3.53. The SMILES string of the molecule is N#CC(C#N)=CNc1ccc(NC(=O)c2ccccc2)c(Br)c1. The Morgan fingerprint density at radius 2 is 1.78 bits per heavy atom. The number of amides is 1. The maximum absolute atomic E-state index is 12.1. The quantitative estimate of drug-likeness (QED) is 0.798. The van der Waals surface area contributed by atoms with Crippen molar-refractivity contribution < 1.29 is 4.79 Å². The molecule has 0 unspecified atom stereocenters. The summed E-state index contributed by atoms with van der Waals surface area (Å²) in [6.45, 7) is 0. The summed E-state index contributed by atoms with van der Waals surface area (Å²) in [5.74, 6) is -0.205. The molecule has 0 radical (unpaired) electrons. The van der Waals surface area contributed by atoms with Crippen LogP contribution in [0.15, 0.2) is 64.8 Å². The van der Waals surface area contributed by atoms with Gasteiger partial charge in [-0.05, 0) is 46.3 Å². The van der Waals surface area contributed by atoms with Gasteiger partial charge in [-0.3, -0.25) is 4.79 Å². The van der Waals surface area contributed by atoms with Gasteiger partial charge in [-0.15, -0.1) is 0 Å². The second-order valence-electron chi connectivity index (χ2n) is 4.44. The summed E-state index contributed by atoms with van der Waals surface area (Å²) >= 11 is 3.38. The zero-order chi connectivity index (χ0) is 16.7. The number of allylic oxidation sites excluding steroid dienone is 1. The first-order valence-corrected chi connectivity index (χ1v) is 7.36. The standard InChI is InChI=1S/C17H11BrN4O/c18-15-8-14(21-11-12(9-19)10-20)6-7-16(15)22-17(23)13-4-2-1-3-5-13/h1-8,11,21H,(H,22,23). The second kappa shape index (κ2) is 7.79. The molecule has 0 atom stereocenters. The van der Waals surface area contributed by atoms with Gasteiger partial charge < -0.3 is 10.6 Å². The number of nitriles is 2. The number of nitrogens with one attached hydrogen (secondary N) is 2. The number of benzene rings is 2. The van der Waals surface area contributed by atoms with Crippen molar-refractivity contribution in [2.24, 2.45) is 0 Å². The molecule has 1 amide bonds. The summed E-state index contributed by atoms with van der Waals surface area (Å²) < 4.78 is 0.677. The van der Waals surface area contributed by atoms with E-state index in [2.05, 4.69) is 26.6 Å². The van der Waals surface area contributed by atoms with Gasteiger partial charge in [-0.1, -0.05) is 18.2 Å². The highest BCUT2D eigenvalue weighted by Gasteiger charge is 2.08. The largest absolute Gasteiger partial charge is 0.360 e. The van der Waals surface area contributed by atoms with E-state index in [9.17, 15) is 4.79 Å². The van der Waals surface area contributed by atoms with E-state index in [-0.39, 0.29) is 11.5 Å². The van der Waals surface area contributed by atoms with Gasteiger partial charge in [-0.2, -0.15) is 10.5 Å². The average molecular weight is 367 g/mol. The fourth-order valence-electron chi connectivity index (χ4n) is 1.74. The molecule has 5 nitrogen and oxygen atoms in total. The number of carbonyl (C=O) groups excluding carboxylic acids is 1. The Bertz CT molecular complexity index is 816. The van der Waals surface area contributed by atoms with E-state index in [1.807, 2.05) is 6.07 Å². The molecule has 0 aliphatic heterocycles. The monoisotopic (exact) mass is 366 g/mol. The van der Waals surface area contributed by atoms with Crippen LogP contribution in [0.25, 0.3) is 0 Å². The summed E-state index contributed by atoms with van der Waals surface area (Å²) in [4.78, 5) is 12.1. The van der Waals surface area contributed by atoms with Gasteiger partial charge in [0.25, 0.3) is 5.91 Å². The summed E-state index contributed by atoms with van der Waals surface area (Å²) in [6, 6.07) is 17.6. The van der Waals surface area contributed by atoms with Crippen LogP contribution in [0, 0.1) is 22.7 Å². The number of rotatable bonds is 4. The minimum absolute atomic E-state index is 0.0254. The molecule has 112 valence electrons. The second-order valence-corrected chi connectivity index (χ2v) is 5.30. The molecule has 2 rings (SSSR count). The average Bonchev–Trinajstić information content (AvgIpc) is 2.58. The van der Waals surface area contributed by atoms with E-state index in [0.717, 1.165) is 0 Å². The molecule has 0 spiro atoms. The summed E-state index contributed by atoms with van der Waals surface area (Å²) in [5.41, 5.74) is 1.84. The third-order valence-electron chi connectivity index (χ3n) is 2.88. The third kappa shape index (κ3) is 4.44. The Hall–Kier alpha value is -3.09. The highest BCUT2D eigenvalue weighted by molar-refractivity contribution is 9.10. The molecular weight excluding hydrogens is 356 g/mol. The van der Waals surface area contributed by atoms with Crippen molar-refractivity contribution in [3.63, 3.8) is 0 Å². The summed E-state index contributed by atoms with van der Waals surface area (Å²) in [5, 5.41) is 23.0. The van der Waals surface area contributed by atoms with Crippen LogP contribution in [0.1, 0.15) is 10.4 Å². The fourth-order valence-corrected chi connectivity index (χ4v) is 2.21. The van der Waals surface area contributed by atoms with E-state index in [4.69, 9.17) is 10.5 Å². The van der Waals surface area contributed by atoms with Crippen LogP contribution in [0.5, 0.6) is 0 Å². The number of hydrogen-bond donors (Lipinski definition) is 2. The first-order chi connectivity index (χ1) is 11.1. The lowest BCUT2D eigenvalue weighted by molar-refractivity contribution is 0.102. The number of halogens is 1. The lowest BCUT2D eigenvalue weighted by atomic mass is 10.2. The van der Waals surface area contributed by atoms with Gasteiger partial charge >= 0.3 is 0 Å². The highest BCUT2D eigenvalue weighted by Crippen LogP contribution is 2.26. The fraction of sp³-hybridized carbons (Fsp3) is 0. The van der Waals surface area contributed by atoms with Crippen molar-refractivity contribution in [3.05, 3.63) is 70.3 Å². The number of hydrogen-bond acceptors (Lipinski definition) is 4. The summed E-state index contributed by atoms with van der Waals surface area (Å²) in [6.07, 6.45) is 1.32. The molecule has 0 saturated heterocycles. The maximum atomic E-state index is 12.1. The van der Waals surface area contributed by atoms with Crippen LogP contribution in [-0.4, -0.2) is 5.91 Å². The predicted molar refractivity (Wildman–Crippen MR) is 91.5 cm³/mol. The number of anilines is 2. The van der Waals surface area contributed by atoms with Crippen LogP contribution in [0.4, 0.5) is 11.4 Å². The van der Waals surface area contributed by atoms with Gasteiger partial charge in [0.05, 0.1) is 5.69 Å². The van der Waals surface area contributed by atoms with Crippen molar-refractivity contribution in [1.82, 2.24) is 0 Å². The Morgan fingerprint density at radius 3 is 2.39 bits per heavy atom.